The molecule has 22 heavy (non-hydrogen) atoms. The fourth-order valence-corrected chi connectivity index (χ4v) is 2.63. The molecule has 0 aliphatic rings. The van der Waals surface area contributed by atoms with Crippen molar-refractivity contribution in [3.05, 3.63) is 46.2 Å². The molecule has 0 atom stereocenters. The molecule has 1 N–H and O–H groups in total. The standard InChI is InChI=1S/C16H19BrN4O/c1-4-21(5-2)16-18-9-8-14(20-16)15(22)19-13-7-6-11(3)10-12(13)17/h6-10H,4-5H2,1-3H3,(H,19,22). The first-order valence-electron chi connectivity index (χ1n) is 7.20. The van der Waals surface area contributed by atoms with Crippen LogP contribution in [0, 0.1) is 6.92 Å². The Labute approximate surface area is 138 Å². The highest BCUT2D eigenvalue weighted by Gasteiger charge is 2.13. The number of hydrogen-bond acceptors (Lipinski definition) is 4. The number of anilines is 2. The van der Waals surface area contributed by atoms with Gasteiger partial charge in [-0.25, -0.2) is 9.97 Å². The zero-order valence-electron chi connectivity index (χ0n) is 12.9. The second-order valence-electron chi connectivity index (χ2n) is 4.85. The summed E-state index contributed by atoms with van der Waals surface area (Å²) >= 11 is 3.45. The van der Waals surface area contributed by atoms with Gasteiger partial charge < -0.3 is 10.2 Å². The van der Waals surface area contributed by atoms with Crippen molar-refractivity contribution in [1.29, 1.82) is 0 Å². The number of nitrogens with zero attached hydrogens (tertiary/aromatic N) is 3. The highest BCUT2D eigenvalue weighted by Crippen LogP contribution is 2.23. The van der Waals surface area contributed by atoms with Gasteiger partial charge in [0.05, 0.1) is 5.69 Å². The maximum Gasteiger partial charge on any atom is 0.274 e. The summed E-state index contributed by atoms with van der Waals surface area (Å²) in [4.78, 5) is 22.9. The molecule has 116 valence electrons. The van der Waals surface area contributed by atoms with Crippen LogP contribution >= 0.6 is 15.9 Å². The second kappa shape index (κ2) is 7.35. The van der Waals surface area contributed by atoms with Crippen LogP contribution in [0.15, 0.2) is 34.9 Å². The molecule has 0 aliphatic carbocycles. The van der Waals surface area contributed by atoms with Crippen LogP contribution in [0.3, 0.4) is 0 Å². The molecule has 1 amide bonds. The van der Waals surface area contributed by atoms with E-state index in [4.69, 9.17) is 0 Å². The summed E-state index contributed by atoms with van der Waals surface area (Å²) < 4.78 is 0.846. The molecule has 2 rings (SSSR count). The molecule has 0 bridgehead atoms. The topological polar surface area (TPSA) is 58.1 Å². The summed E-state index contributed by atoms with van der Waals surface area (Å²) in [7, 11) is 0. The lowest BCUT2D eigenvalue weighted by molar-refractivity contribution is 0.102. The third-order valence-corrected chi connectivity index (χ3v) is 3.95. The minimum absolute atomic E-state index is 0.250. The monoisotopic (exact) mass is 362 g/mol. The number of aromatic nitrogens is 2. The molecule has 5 nitrogen and oxygen atoms in total. The van der Waals surface area contributed by atoms with Gasteiger partial charge in [-0.1, -0.05) is 6.07 Å². The Bertz CT molecular complexity index is 671. The maximum absolute atomic E-state index is 12.4. The zero-order chi connectivity index (χ0) is 16.1. The number of nitrogens with one attached hydrogen (secondary N) is 1. The van der Waals surface area contributed by atoms with E-state index in [-0.39, 0.29) is 5.91 Å². The Hall–Kier alpha value is -1.95. The van der Waals surface area contributed by atoms with Crippen LogP contribution in [-0.4, -0.2) is 29.0 Å². The van der Waals surface area contributed by atoms with E-state index in [0.717, 1.165) is 28.8 Å². The summed E-state index contributed by atoms with van der Waals surface area (Å²) in [5.41, 5.74) is 2.19. The zero-order valence-corrected chi connectivity index (χ0v) is 14.5. The summed E-state index contributed by atoms with van der Waals surface area (Å²) in [6.45, 7) is 7.65. The predicted octanol–water partition coefficient (Wildman–Crippen LogP) is 3.65. The lowest BCUT2D eigenvalue weighted by atomic mass is 10.2. The van der Waals surface area contributed by atoms with Gasteiger partial charge in [0.1, 0.15) is 5.69 Å². The Balaban J connectivity index is 2.21. The average molecular weight is 363 g/mol. The Morgan fingerprint density at radius 2 is 2.00 bits per heavy atom. The Morgan fingerprint density at radius 1 is 1.27 bits per heavy atom. The first-order chi connectivity index (χ1) is 10.5. The van der Waals surface area contributed by atoms with Gasteiger partial charge in [-0.15, -0.1) is 0 Å². The molecule has 1 heterocycles. The van der Waals surface area contributed by atoms with E-state index in [2.05, 4.69) is 31.2 Å². The molecule has 1 aromatic heterocycles. The molecular weight excluding hydrogens is 344 g/mol. The molecule has 0 saturated heterocycles. The van der Waals surface area contributed by atoms with Gasteiger partial charge in [-0.3, -0.25) is 4.79 Å². The predicted molar refractivity (Wildman–Crippen MR) is 92.4 cm³/mol. The van der Waals surface area contributed by atoms with Gasteiger partial charge in [-0.05, 0) is 60.5 Å². The molecule has 6 heteroatoms. The van der Waals surface area contributed by atoms with E-state index in [1.54, 1.807) is 12.3 Å². The molecule has 0 aliphatic heterocycles. The largest absolute Gasteiger partial charge is 0.341 e. The van der Waals surface area contributed by atoms with E-state index in [1.165, 1.54) is 0 Å². The van der Waals surface area contributed by atoms with Gasteiger partial charge in [-0.2, -0.15) is 0 Å². The summed E-state index contributed by atoms with van der Waals surface area (Å²) in [5, 5.41) is 2.86. The van der Waals surface area contributed by atoms with Crippen molar-refractivity contribution >= 4 is 33.5 Å². The van der Waals surface area contributed by atoms with Crippen molar-refractivity contribution < 1.29 is 4.79 Å². The lowest BCUT2D eigenvalue weighted by Crippen LogP contribution is -2.25. The number of hydrogen-bond donors (Lipinski definition) is 1. The highest BCUT2D eigenvalue weighted by molar-refractivity contribution is 9.10. The first-order valence-corrected chi connectivity index (χ1v) is 8.00. The van der Waals surface area contributed by atoms with Crippen LogP contribution in [0.2, 0.25) is 0 Å². The van der Waals surface area contributed by atoms with Crippen molar-refractivity contribution in [3.63, 3.8) is 0 Å². The first kappa shape index (κ1) is 16.4. The van der Waals surface area contributed by atoms with Crippen LogP contribution in [0.5, 0.6) is 0 Å². The van der Waals surface area contributed by atoms with E-state index in [0.29, 0.717) is 11.6 Å². The number of amides is 1. The number of carbonyl (C=O) groups is 1. The SMILES string of the molecule is CCN(CC)c1nccc(C(=O)Nc2ccc(C)cc2Br)n1. The minimum atomic E-state index is -0.250. The number of benzene rings is 1. The minimum Gasteiger partial charge on any atom is -0.341 e. The van der Waals surface area contributed by atoms with E-state index < -0.39 is 0 Å². The number of aryl methyl sites for hydroxylation is 1. The van der Waals surface area contributed by atoms with Crippen molar-refractivity contribution in [2.75, 3.05) is 23.3 Å². The summed E-state index contributed by atoms with van der Waals surface area (Å²) in [5.74, 6) is 0.320. The quantitative estimate of drug-likeness (QED) is 0.881. The van der Waals surface area contributed by atoms with Crippen LogP contribution < -0.4 is 10.2 Å². The van der Waals surface area contributed by atoms with Crippen molar-refractivity contribution in [2.24, 2.45) is 0 Å². The highest BCUT2D eigenvalue weighted by atomic mass is 79.9. The number of carbonyl (C=O) groups excluding carboxylic acids is 1. The van der Waals surface area contributed by atoms with Gasteiger partial charge in [0.15, 0.2) is 0 Å². The van der Waals surface area contributed by atoms with Crippen LogP contribution in [0.4, 0.5) is 11.6 Å². The van der Waals surface area contributed by atoms with Crippen molar-refractivity contribution in [3.8, 4) is 0 Å². The van der Waals surface area contributed by atoms with E-state index in [9.17, 15) is 4.79 Å². The molecule has 0 unspecified atom stereocenters. The maximum atomic E-state index is 12.4. The van der Waals surface area contributed by atoms with Crippen LogP contribution in [0.25, 0.3) is 0 Å². The van der Waals surface area contributed by atoms with Crippen molar-refractivity contribution in [1.82, 2.24) is 9.97 Å². The number of halogens is 1. The Morgan fingerprint density at radius 3 is 2.64 bits per heavy atom. The molecule has 2 aromatic rings. The fourth-order valence-electron chi connectivity index (χ4n) is 2.04. The van der Waals surface area contributed by atoms with E-state index >= 15 is 0 Å². The smallest absolute Gasteiger partial charge is 0.274 e. The van der Waals surface area contributed by atoms with Crippen molar-refractivity contribution in [2.45, 2.75) is 20.8 Å². The third kappa shape index (κ3) is 3.82. The molecular formula is C16H19BrN4O. The fraction of sp³-hybridized carbons (Fsp3) is 0.312. The van der Waals surface area contributed by atoms with Gasteiger partial charge in [0, 0.05) is 23.8 Å². The molecule has 1 aromatic carbocycles. The lowest BCUT2D eigenvalue weighted by Gasteiger charge is -2.18. The number of rotatable bonds is 5. The van der Waals surface area contributed by atoms with Gasteiger partial charge in [0.25, 0.3) is 5.91 Å². The Kier molecular flexibility index (Phi) is 5.49. The second-order valence-corrected chi connectivity index (χ2v) is 5.71. The van der Waals surface area contributed by atoms with Crippen LogP contribution in [0.1, 0.15) is 29.9 Å². The van der Waals surface area contributed by atoms with E-state index in [1.807, 2.05) is 43.9 Å². The molecule has 0 spiro atoms. The van der Waals surface area contributed by atoms with Crippen LogP contribution in [-0.2, 0) is 0 Å². The molecule has 0 radical (unpaired) electrons. The molecule has 0 fully saturated rings. The average Bonchev–Trinajstić information content (AvgIpc) is 2.51. The third-order valence-electron chi connectivity index (χ3n) is 3.29. The van der Waals surface area contributed by atoms with Gasteiger partial charge in [0.2, 0.25) is 5.95 Å². The molecule has 0 saturated carbocycles. The summed E-state index contributed by atoms with van der Waals surface area (Å²) in [6.07, 6.45) is 1.61. The normalized spacial score (nSPS) is 10.4. The van der Waals surface area contributed by atoms with Gasteiger partial charge >= 0.3 is 0 Å². The summed E-state index contributed by atoms with van der Waals surface area (Å²) in [6, 6.07) is 7.38.